The lowest BCUT2D eigenvalue weighted by molar-refractivity contribution is 0.117. The summed E-state index contributed by atoms with van der Waals surface area (Å²) in [5.74, 6) is 2.04. The molecule has 2 aliphatic heterocycles. The van der Waals surface area contributed by atoms with Crippen molar-refractivity contribution < 1.29 is 4.74 Å². The molecule has 0 aromatic carbocycles. The first kappa shape index (κ1) is 28.3. The molecule has 11 heteroatoms. The minimum atomic E-state index is -0.315. The highest BCUT2D eigenvalue weighted by molar-refractivity contribution is 7.16. The van der Waals surface area contributed by atoms with Crippen molar-refractivity contribution in [3.8, 4) is 23.5 Å². The molecule has 0 saturated carbocycles. The van der Waals surface area contributed by atoms with E-state index in [1.54, 1.807) is 11.3 Å². The summed E-state index contributed by atoms with van der Waals surface area (Å²) in [6.07, 6.45) is 5.30. The first-order valence-electron chi connectivity index (χ1n) is 14.7. The van der Waals surface area contributed by atoms with Crippen molar-refractivity contribution >= 4 is 33.7 Å². The van der Waals surface area contributed by atoms with Gasteiger partial charge in [-0.3, -0.25) is 4.90 Å². The molecule has 3 aromatic heterocycles. The summed E-state index contributed by atoms with van der Waals surface area (Å²) < 4.78 is 11.4. The molecule has 0 unspecified atom stereocenters. The van der Waals surface area contributed by atoms with Gasteiger partial charge in [0.25, 0.3) is 0 Å². The molecule has 3 N–H and O–H groups in total. The number of nitrogens with one attached hydrogen (secondary N) is 1. The van der Waals surface area contributed by atoms with Crippen molar-refractivity contribution in [2.75, 3.05) is 37.3 Å². The summed E-state index contributed by atoms with van der Waals surface area (Å²) in [7, 11) is 2.17. The second-order valence-corrected chi connectivity index (χ2v) is 14.2. The van der Waals surface area contributed by atoms with Crippen LogP contribution in [0.25, 0.3) is 11.5 Å². The number of nitrogens with two attached hydrogens (primary N) is 1. The van der Waals surface area contributed by atoms with E-state index in [2.05, 4.69) is 62.0 Å². The van der Waals surface area contributed by atoms with Crippen LogP contribution in [-0.2, 0) is 11.8 Å². The molecule has 3 aromatic rings. The van der Waals surface area contributed by atoms with Gasteiger partial charge in [-0.1, -0.05) is 6.92 Å². The minimum absolute atomic E-state index is 0.0120. The molecular formula is C30H40N8OS2. The number of fused-ring (bicyclic) bond motifs is 1. The number of hydrogen-bond acceptors (Lipinski definition) is 11. The Morgan fingerprint density at radius 3 is 2.71 bits per heavy atom. The number of nitrogen functional groups attached to an aromatic ring is 1. The van der Waals surface area contributed by atoms with Crippen molar-refractivity contribution in [1.82, 2.24) is 24.6 Å². The fourth-order valence-electron chi connectivity index (χ4n) is 7.04. The number of nitriles is 1. The highest BCUT2D eigenvalue weighted by Crippen LogP contribution is 2.50. The number of ether oxygens (including phenoxy) is 1. The normalized spacial score (nSPS) is 27.4. The van der Waals surface area contributed by atoms with Gasteiger partial charge in [0.05, 0.1) is 5.56 Å². The van der Waals surface area contributed by atoms with E-state index in [1.165, 1.54) is 22.8 Å². The third-order valence-corrected chi connectivity index (χ3v) is 11.2. The number of piperazine rings is 1. The number of anilines is 2. The lowest BCUT2D eigenvalue weighted by atomic mass is 9.71. The van der Waals surface area contributed by atoms with E-state index in [1.807, 2.05) is 6.07 Å². The van der Waals surface area contributed by atoms with Crippen molar-refractivity contribution in [2.45, 2.75) is 89.4 Å². The Morgan fingerprint density at radius 1 is 1.22 bits per heavy atom. The Bertz CT molecular complexity index is 1450. The summed E-state index contributed by atoms with van der Waals surface area (Å²) in [6.45, 7) is 11.6. The number of rotatable bonds is 6. The Balaban J connectivity index is 1.37. The highest BCUT2D eigenvalue weighted by Gasteiger charge is 2.40. The average molecular weight is 593 g/mol. The van der Waals surface area contributed by atoms with E-state index in [0.29, 0.717) is 40.4 Å². The predicted molar refractivity (Wildman–Crippen MR) is 166 cm³/mol. The van der Waals surface area contributed by atoms with E-state index >= 15 is 0 Å². The van der Waals surface area contributed by atoms with Crippen LogP contribution in [0.2, 0.25) is 0 Å². The molecule has 0 bridgehead atoms. The van der Waals surface area contributed by atoms with E-state index in [4.69, 9.17) is 24.8 Å². The quantitative estimate of drug-likeness (QED) is 0.416. The maximum Gasteiger partial charge on any atom is 0.219 e. The first-order chi connectivity index (χ1) is 19.7. The lowest BCUT2D eigenvalue weighted by Crippen LogP contribution is -2.54. The van der Waals surface area contributed by atoms with Crippen LogP contribution in [0.5, 0.6) is 5.88 Å². The van der Waals surface area contributed by atoms with Crippen LogP contribution in [0.15, 0.2) is 12.1 Å². The predicted octanol–water partition coefficient (Wildman–Crippen LogP) is 4.81. The van der Waals surface area contributed by atoms with Gasteiger partial charge in [0.1, 0.15) is 28.7 Å². The number of thiophene rings is 1. The molecule has 5 atom stereocenters. The SMILES string of the molecule is C[C@H](Oc1cc(N2C[C@H](C)N[C@@H](C)C2)nc(-c2cc([C@@]3(C)CCCc4sc(N)c(C#N)c43)sn2)n1)[C@@H]1CCCN1C. The summed E-state index contributed by atoms with van der Waals surface area (Å²) >= 11 is 3.04. The largest absolute Gasteiger partial charge is 0.473 e. The highest BCUT2D eigenvalue weighted by atomic mass is 32.1. The number of likely N-dealkylation sites (N-methyl/N-ethyl adjacent to an activating group) is 1. The summed E-state index contributed by atoms with van der Waals surface area (Å²) in [5.41, 5.74) is 8.42. The van der Waals surface area contributed by atoms with Gasteiger partial charge in [-0.2, -0.15) is 14.6 Å². The fourth-order valence-corrected chi connectivity index (χ4v) is 9.14. The third-order valence-electron chi connectivity index (χ3n) is 9.03. The van der Waals surface area contributed by atoms with Crippen LogP contribution >= 0.6 is 22.9 Å². The standard InChI is InChI=1S/C30H40N8OS2/c1-17-15-38(16-18(2)33-17)25-13-26(39-19(3)22-8-7-11-37(22)5)35-29(34-25)21-12-24(41-36-21)30(4)10-6-9-23-27(30)20(14-31)28(32)40-23/h12-13,17-19,22,33H,6-11,15-16,32H2,1-5H3/t17-,18-,19-,22-,30+/m0/s1. The topological polar surface area (TPSA) is 116 Å². The molecule has 41 heavy (non-hydrogen) atoms. The molecule has 0 radical (unpaired) electrons. The Morgan fingerprint density at radius 2 is 2.00 bits per heavy atom. The van der Waals surface area contributed by atoms with Gasteiger partial charge in [-0.15, -0.1) is 11.3 Å². The second kappa shape index (κ2) is 11.1. The van der Waals surface area contributed by atoms with Crippen LogP contribution in [0, 0.1) is 11.3 Å². The van der Waals surface area contributed by atoms with E-state index in [0.717, 1.165) is 67.3 Å². The Labute approximate surface area is 250 Å². The van der Waals surface area contributed by atoms with Gasteiger partial charge in [0.2, 0.25) is 5.88 Å². The van der Waals surface area contributed by atoms with Gasteiger partial charge in [-0.25, -0.2) is 4.98 Å². The average Bonchev–Trinajstić information content (AvgIpc) is 3.67. The summed E-state index contributed by atoms with van der Waals surface area (Å²) in [4.78, 5) is 17.0. The van der Waals surface area contributed by atoms with Gasteiger partial charge in [0, 0.05) is 52.5 Å². The molecule has 0 spiro atoms. The molecule has 9 nitrogen and oxygen atoms in total. The molecule has 5 heterocycles. The minimum Gasteiger partial charge on any atom is -0.473 e. The zero-order chi connectivity index (χ0) is 28.9. The zero-order valence-electron chi connectivity index (χ0n) is 24.6. The molecule has 2 saturated heterocycles. The monoisotopic (exact) mass is 592 g/mol. The van der Waals surface area contributed by atoms with Gasteiger partial charge in [-0.05, 0) is 89.6 Å². The van der Waals surface area contributed by atoms with Crippen LogP contribution in [0.1, 0.15) is 74.3 Å². The second-order valence-electron chi connectivity index (χ2n) is 12.3. The number of hydrogen-bond donors (Lipinski definition) is 2. The van der Waals surface area contributed by atoms with Crippen LogP contribution < -0.4 is 20.7 Å². The molecule has 6 rings (SSSR count). The van der Waals surface area contributed by atoms with Gasteiger partial charge >= 0.3 is 0 Å². The van der Waals surface area contributed by atoms with Crippen molar-refractivity contribution in [2.24, 2.45) is 0 Å². The molecule has 218 valence electrons. The van der Waals surface area contributed by atoms with E-state index in [9.17, 15) is 5.26 Å². The zero-order valence-corrected chi connectivity index (χ0v) is 26.2. The summed E-state index contributed by atoms with van der Waals surface area (Å²) in [5, 5.41) is 14.2. The molecular weight excluding hydrogens is 553 g/mol. The smallest absolute Gasteiger partial charge is 0.219 e. The molecule has 1 aliphatic carbocycles. The Kier molecular flexibility index (Phi) is 7.70. The lowest BCUT2D eigenvalue weighted by Gasteiger charge is -2.37. The number of aromatic nitrogens is 3. The maximum atomic E-state index is 9.93. The molecule has 2 fully saturated rings. The van der Waals surface area contributed by atoms with Crippen LogP contribution in [0.4, 0.5) is 10.8 Å². The van der Waals surface area contributed by atoms with Gasteiger partial charge < -0.3 is 20.7 Å². The Hall–Kier alpha value is -2.78. The van der Waals surface area contributed by atoms with Crippen molar-refractivity contribution in [3.63, 3.8) is 0 Å². The van der Waals surface area contributed by atoms with Crippen molar-refractivity contribution in [3.05, 3.63) is 33.0 Å². The van der Waals surface area contributed by atoms with Crippen LogP contribution in [-0.4, -0.2) is 70.2 Å². The molecule has 3 aliphatic rings. The number of nitrogens with zero attached hydrogens (tertiary/aromatic N) is 6. The maximum absolute atomic E-state index is 9.93. The number of likely N-dealkylation sites (tertiary alicyclic amines) is 1. The van der Waals surface area contributed by atoms with Crippen molar-refractivity contribution in [1.29, 1.82) is 5.26 Å². The van der Waals surface area contributed by atoms with Gasteiger partial charge in [0.15, 0.2) is 5.82 Å². The molecule has 0 amide bonds. The third kappa shape index (κ3) is 5.31. The van der Waals surface area contributed by atoms with E-state index in [-0.39, 0.29) is 11.5 Å². The van der Waals surface area contributed by atoms with E-state index < -0.39 is 0 Å². The summed E-state index contributed by atoms with van der Waals surface area (Å²) in [6, 6.07) is 7.58. The van der Waals surface area contributed by atoms with Crippen LogP contribution in [0.3, 0.4) is 0 Å². The first-order valence-corrected chi connectivity index (χ1v) is 16.3. The fraction of sp³-hybridized carbons (Fsp3) is 0.600. The number of aryl methyl sites for hydroxylation is 1.